The largest absolute Gasteiger partial charge is 0.395 e. The molecule has 0 bridgehead atoms. The van der Waals surface area contributed by atoms with E-state index in [0.717, 1.165) is 18.4 Å². The van der Waals surface area contributed by atoms with Gasteiger partial charge in [-0.05, 0) is 37.2 Å². The molecule has 19 heavy (non-hydrogen) atoms. The average Bonchev–Trinajstić information content (AvgIpc) is 2.44. The molecule has 2 N–H and O–H groups in total. The molecule has 0 radical (unpaired) electrons. The monoisotopic (exact) mass is 265 g/mol. The van der Waals surface area contributed by atoms with Gasteiger partial charge in [-0.25, -0.2) is 4.39 Å². The van der Waals surface area contributed by atoms with Gasteiger partial charge < -0.3 is 10.4 Å². The van der Waals surface area contributed by atoms with Gasteiger partial charge >= 0.3 is 0 Å². The molecule has 3 heteroatoms. The summed E-state index contributed by atoms with van der Waals surface area (Å²) in [6, 6.07) is 9.47. The van der Waals surface area contributed by atoms with Gasteiger partial charge in [-0.3, -0.25) is 0 Å². The van der Waals surface area contributed by atoms with Crippen molar-refractivity contribution >= 4 is 0 Å². The minimum Gasteiger partial charge on any atom is -0.395 e. The van der Waals surface area contributed by atoms with Gasteiger partial charge in [0.15, 0.2) is 0 Å². The maximum Gasteiger partial charge on any atom is 0.128 e. The van der Waals surface area contributed by atoms with Crippen molar-refractivity contribution in [3.63, 3.8) is 0 Å². The van der Waals surface area contributed by atoms with E-state index in [-0.39, 0.29) is 6.61 Å². The zero-order chi connectivity index (χ0) is 13.7. The van der Waals surface area contributed by atoms with E-state index in [1.54, 1.807) is 0 Å². The zero-order valence-electron chi connectivity index (χ0n) is 11.6. The van der Waals surface area contributed by atoms with Crippen LogP contribution in [0.15, 0.2) is 30.3 Å². The van der Waals surface area contributed by atoms with Gasteiger partial charge in [0.2, 0.25) is 0 Å². The first-order valence-electron chi connectivity index (χ1n) is 7.21. The van der Waals surface area contributed by atoms with Crippen LogP contribution in [0.3, 0.4) is 0 Å². The molecule has 0 aromatic heterocycles. The standard InChI is InChI=1S/C16H24FNO/c1-13-7-9-16(17,10-8-13)15(12-19)18-11-14-5-3-2-4-6-14/h2-6,13,15,18-19H,7-12H2,1H3. The lowest BCUT2D eigenvalue weighted by Gasteiger charge is -2.38. The zero-order valence-corrected chi connectivity index (χ0v) is 11.6. The van der Waals surface area contributed by atoms with Gasteiger partial charge in [0, 0.05) is 6.54 Å². The minimum absolute atomic E-state index is 0.141. The first-order valence-corrected chi connectivity index (χ1v) is 7.21. The van der Waals surface area contributed by atoms with E-state index in [9.17, 15) is 9.50 Å². The predicted octanol–water partition coefficient (Wildman–Crippen LogP) is 3.06. The van der Waals surface area contributed by atoms with E-state index in [1.807, 2.05) is 30.3 Å². The van der Waals surface area contributed by atoms with Crippen LogP contribution in [0, 0.1) is 5.92 Å². The van der Waals surface area contributed by atoms with Crippen LogP contribution < -0.4 is 5.32 Å². The van der Waals surface area contributed by atoms with Crippen LogP contribution in [0.1, 0.15) is 38.2 Å². The van der Waals surface area contributed by atoms with Crippen LogP contribution in [0.2, 0.25) is 0 Å². The number of hydrogen-bond donors (Lipinski definition) is 2. The van der Waals surface area contributed by atoms with Crippen LogP contribution in [-0.2, 0) is 6.54 Å². The van der Waals surface area contributed by atoms with Crippen molar-refractivity contribution < 1.29 is 9.50 Å². The third kappa shape index (κ3) is 3.77. The van der Waals surface area contributed by atoms with Gasteiger partial charge in [-0.15, -0.1) is 0 Å². The van der Waals surface area contributed by atoms with E-state index in [1.165, 1.54) is 0 Å². The lowest BCUT2D eigenvalue weighted by Crippen LogP contribution is -2.51. The molecule has 2 nitrogen and oxygen atoms in total. The number of rotatable bonds is 5. The Kier molecular flexibility index (Phi) is 4.94. The molecule has 1 saturated carbocycles. The first kappa shape index (κ1) is 14.5. The van der Waals surface area contributed by atoms with E-state index in [0.29, 0.717) is 25.3 Å². The van der Waals surface area contributed by atoms with Crippen molar-refractivity contribution in [1.29, 1.82) is 0 Å². The molecule has 0 aliphatic heterocycles. The van der Waals surface area contributed by atoms with Crippen molar-refractivity contribution in [2.75, 3.05) is 6.61 Å². The van der Waals surface area contributed by atoms with Crippen molar-refractivity contribution in [2.24, 2.45) is 5.92 Å². The average molecular weight is 265 g/mol. The molecule has 1 atom stereocenters. The maximum atomic E-state index is 14.9. The van der Waals surface area contributed by atoms with Crippen molar-refractivity contribution in [1.82, 2.24) is 5.32 Å². The summed E-state index contributed by atoms with van der Waals surface area (Å²) in [5.74, 6) is 0.609. The SMILES string of the molecule is CC1CCC(F)(C(CO)NCc2ccccc2)CC1. The molecule has 1 aromatic rings. The number of benzene rings is 1. The highest BCUT2D eigenvalue weighted by molar-refractivity contribution is 5.14. The summed E-state index contributed by atoms with van der Waals surface area (Å²) < 4.78 is 14.9. The molecule has 1 aliphatic rings. The second-order valence-corrected chi connectivity index (χ2v) is 5.82. The number of halogens is 1. The highest BCUT2D eigenvalue weighted by atomic mass is 19.1. The van der Waals surface area contributed by atoms with Crippen molar-refractivity contribution in [2.45, 2.75) is 50.9 Å². The quantitative estimate of drug-likeness (QED) is 0.857. The Morgan fingerprint density at radius 3 is 2.53 bits per heavy atom. The molecule has 0 amide bonds. The first-order chi connectivity index (χ1) is 9.14. The molecule has 1 fully saturated rings. The smallest absolute Gasteiger partial charge is 0.128 e. The molecule has 1 aromatic carbocycles. The van der Waals surface area contributed by atoms with Gasteiger partial charge in [-0.2, -0.15) is 0 Å². The highest BCUT2D eigenvalue weighted by Crippen LogP contribution is 2.37. The second-order valence-electron chi connectivity index (χ2n) is 5.82. The molecular weight excluding hydrogens is 241 g/mol. The summed E-state index contributed by atoms with van der Waals surface area (Å²) in [6.45, 7) is 2.63. The van der Waals surface area contributed by atoms with Crippen molar-refractivity contribution in [3.05, 3.63) is 35.9 Å². The fourth-order valence-corrected chi connectivity index (χ4v) is 2.84. The Bertz CT molecular complexity index is 374. The van der Waals surface area contributed by atoms with Crippen LogP contribution in [0.5, 0.6) is 0 Å². The summed E-state index contributed by atoms with van der Waals surface area (Å²) in [7, 11) is 0. The summed E-state index contributed by atoms with van der Waals surface area (Å²) in [5.41, 5.74) is -0.135. The summed E-state index contributed by atoms with van der Waals surface area (Å²) in [4.78, 5) is 0. The number of nitrogens with one attached hydrogen (secondary N) is 1. The predicted molar refractivity (Wildman–Crippen MR) is 75.6 cm³/mol. The lowest BCUT2D eigenvalue weighted by molar-refractivity contribution is 0.0205. The van der Waals surface area contributed by atoms with E-state index in [4.69, 9.17) is 0 Å². The molecular formula is C16H24FNO. The van der Waals surface area contributed by atoms with Gasteiger partial charge in [-0.1, -0.05) is 37.3 Å². The Morgan fingerprint density at radius 1 is 1.32 bits per heavy atom. The summed E-state index contributed by atoms with van der Waals surface area (Å²) in [5, 5.41) is 12.7. The molecule has 1 aliphatic carbocycles. The Balaban J connectivity index is 1.92. The van der Waals surface area contributed by atoms with Crippen LogP contribution in [0.25, 0.3) is 0 Å². The topological polar surface area (TPSA) is 32.3 Å². The van der Waals surface area contributed by atoms with Crippen LogP contribution in [0.4, 0.5) is 4.39 Å². The van der Waals surface area contributed by atoms with E-state index >= 15 is 0 Å². The molecule has 1 unspecified atom stereocenters. The van der Waals surface area contributed by atoms with Gasteiger partial charge in [0.1, 0.15) is 5.67 Å². The Hall–Kier alpha value is -0.930. The highest BCUT2D eigenvalue weighted by Gasteiger charge is 2.40. The third-order valence-electron chi connectivity index (χ3n) is 4.31. The summed E-state index contributed by atoms with van der Waals surface area (Å²) in [6.07, 6.45) is 2.95. The number of alkyl halides is 1. The third-order valence-corrected chi connectivity index (χ3v) is 4.31. The van der Waals surface area contributed by atoms with Crippen LogP contribution >= 0.6 is 0 Å². The number of aliphatic hydroxyl groups excluding tert-OH is 1. The number of aliphatic hydroxyl groups is 1. The fraction of sp³-hybridized carbons (Fsp3) is 0.625. The Labute approximate surface area is 115 Å². The molecule has 0 spiro atoms. The lowest BCUT2D eigenvalue weighted by atomic mass is 9.77. The fourth-order valence-electron chi connectivity index (χ4n) is 2.84. The molecule has 106 valence electrons. The minimum atomic E-state index is -1.25. The molecule has 2 rings (SSSR count). The summed E-state index contributed by atoms with van der Waals surface area (Å²) >= 11 is 0. The second kappa shape index (κ2) is 6.49. The van der Waals surface area contributed by atoms with Gasteiger partial charge in [0.25, 0.3) is 0 Å². The number of hydrogen-bond acceptors (Lipinski definition) is 2. The van der Waals surface area contributed by atoms with Crippen LogP contribution in [-0.4, -0.2) is 23.4 Å². The van der Waals surface area contributed by atoms with Crippen molar-refractivity contribution in [3.8, 4) is 0 Å². The molecule has 0 saturated heterocycles. The maximum absolute atomic E-state index is 14.9. The van der Waals surface area contributed by atoms with E-state index in [2.05, 4.69) is 12.2 Å². The Morgan fingerprint density at radius 2 is 1.95 bits per heavy atom. The van der Waals surface area contributed by atoms with E-state index < -0.39 is 11.7 Å². The molecule has 0 heterocycles. The van der Waals surface area contributed by atoms with Gasteiger partial charge in [0.05, 0.1) is 12.6 Å². The normalized spacial score (nSPS) is 29.1.